The molecule has 0 unspecified atom stereocenters. The van der Waals surface area contributed by atoms with Crippen LogP contribution >= 0.6 is 11.6 Å². The van der Waals surface area contributed by atoms with E-state index < -0.39 is 11.9 Å². The van der Waals surface area contributed by atoms with E-state index in [1.165, 1.54) is 19.5 Å². The number of carbonyl (C=O) groups excluding carboxylic acids is 1. The Labute approximate surface area is 125 Å². The first-order chi connectivity index (χ1) is 9.99. The quantitative estimate of drug-likeness (QED) is 0.879. The molecule has 0 fully saturated rings. The van der Waals surface area contributed by atoms with Crippen LogP contribution in [0.3, 0.4) is 0 Å². The van der Waals surface area contributed by atoms with Gasteiger partial charge in [-0.2, -0.15) is 5.10 Å². The minimum Gasteiger partial charge on any atom is -0.495 e. The molecular formula is C13H12ClN3O4. The minimum atomic E-state index is -1.04. The third-order valence-electron chi connectivity index (χ3n) is 2.60. The molecule has 2 N–H and O–H groups in total. The fourth-order valence-electron chi connectivity index (χ4n) is 1.65. The molecule has 2 aromatic rings. The summed E-state index contributed by atoms with van der Waals surface area (Å²) in [7, 11) is 1.50. The third kappa shape index (κ3) is 3.73. The number of amides is 1. The van der Waals surface area contributed by atoms with E-state index in [2.05, 4.69) is 10.4 Å². The van der Waals surface area contributed by atoms with Gasteiger partial charge in [0.2, 0.25) is 0 Å². The van der Waals surface area contributed by atoms with Crippen LogP contribution in [0.5, 0.6) is 5.75 Å². The molecule has 1 amide bonds. The first-order valence-electron chi connectivity index (χ1n) is 5.88. The number of rotatable bonds is 5. The second-order valence-electron chi connectivity index (χ2n) is 4.12. The van der Waals surface area contributed by atoms with Crippen LogP contribution in [0.1, 0.15) is 10.4 Å². The molecule has 0 aliphatic rings. The molecule has 8 heteroatoms. The zero-order valence-electron chi connectivity index (χ0n) is 11.0. The zero-order valence-corrected chi connectivity index (χ0v) is 11.8. The second-order valence-corrected chi connectivity index (χ2v) is 4.53. The molecule has 0 spiro atoms. The summed E-state index contributed by atoms with van der Waals surface area (Å²) in [5, 5.41) is 15.4. The maximum absolute atomic E-state index is 12.0. The van der Waals surface area contributed by atoms with Crippen LogP contribution in [-0.2, 0) is 11.3 Å². The van der Waals surface area contributed by atoms with Gasteiger partial charge in [-0.05, 0) is 18.2 Å². The Balaban J connectivity index is 2.09. The predicted octanol–water partition coefficient (Wildman–Crippen LogP) is 1.88. The first kappa shape index (κ1) is 14.9. The lowest BCUT2D eigenvalue weighted by molar-refractivity contribution is -0.137. The SMILES string of the molecule is COc1ccc(NC(=O)c2cnn(CC(=O)O)c2)cc1Cl. The van der Waals surface area contributed by atoms with Crippen molar-refractivity contribution in [1.29, 1.82) is 0 Å². The highest BCUT2D eigenvalue weighted by molar-refractivity contribution is 6.32. The highest BCUT2D eigenvalue weighted by atomic mass is 35.5. The van der Waals surface area contributed by atoms with E-state index in [1.807, 2.05) is 0 Å². The summed E-state index contributed by atoms with van der Waals surface area (Å²) in [5.74, 6) is -0.941. The largest absolute Gasteiger partial charge is 0.495 e. The summed E-state index contributed by atoms with van der Waals surface area (Å²) in [6, 6.07) is 4.83. The molecule has 1 aromatic carbocycles. The van der Waals surface area contributed by atoms with Gasteiger partial charge < -0.3 is 15.2 Å². The molecule has 1 heterocycles. The number of carboxylic acid groups (broad SMARTS) is 1. The molecule has 0 aliphatic heterocycles. The lowest BCUT2D eigenvalue weighted by Gasteiger charge is -2.07. The first-order valence-corrected chi connectivity index (χ1v) is 6.26. The molecule has 2 rings (SSSR count). The number of carboxylic acids is 1. The molecule has 0 bridgehead atoms. The average Bonchev–Trinajstić information content (AvgIpc) is 2.86. The van der Waals surface area contributed by atoms with Crippen molar-refractivity contribution in [2.45, 2.75) is 6.54 Å². The van der Waals surface area contributed by atoms with Crippen molar-refractivity contribution in [3.05, 3.63) is 41.2 Å². The molecule has 0 saturated heterocycles. The lowest BCUT2D eigenvalue weighted by atomic mass is 10.2. The summed E-state index contributed by atoms with van der Waals surface area (Å²) < 4.78 is 6.18. The number of hydrogen-bond acceptors (Lipinski definition) is 4. The average molecular weight is 310 g/mol. The fourth-order valence-corrected chi connectivity index (χ4v) is 1.91. The van der Waals surface area contributed by atoms with Gasteiger partial charge in [-0.15, -0.1) is 0 Å². The number of hydrogen-bond donors (Lipinski definition) is 2. The van der Waals surface area contributed by atoms with Gasteiger partial charge >= 0.3 is 5.97 Å². The Bertz CT molecular complexity index is 684. The molecule has 0 radical (unpaired) electrons. The molecule has 21 heavy (non-hydrogen) atoms. The monoisotopic (exact) mass is 309 g/mol. The van der Waals surface area contributed by atoms with Crippen LogP contribution in [0, 0.1) is 0 Å². The Kier molecular flexibility index (Phi) is 4.44. The molecule has 7 nitrogen and oxygen atoms in total. The zero-order chi connectivity index (χ0) is 15.4. The van der Waals surface area contributed by atoms with Crippen LogP contribution in [0.2, 0.25) is 5.02 Å². The number of anilines is 1. The van der Waals surface area contributed by atoms with Crippen LogP contribution in [0.15, 0.2) is 30.6 Å². The van der Waals surface area contributed by atoms with Crippen molar-refractivity contribution in [2.24, 2.45) is 0 Å². The predicted molar refractivity (Wildman–Crippen MR) is 75.8 cm³/mol. The third-order valence-corrected chi connectivity index (χ3v) is 2.90. The van der Waals surface area contributed by atoms with Crippen molar-refractivity contribution < 1.29 is 19.4 Å². The minimum absolute atomic E-state index is 0.253. The van der Waals surface area contributed by atoms with Gasteiger partial charge in [0.25, 0.3) is 5.91 Å². The maximum atomic E-state index is 12.0. The van der Waals surface area contributed by atoms with Crippen LogP contribution in [0.4, 0.5) is 5.69 Å². The van der Waals surface area contributed by atoms with Gasteiger partial charge in [0, 0.05) is 11.9 Å². The van der Waals surface area contributed by atoms with E-state index in [-0.39, 0.29) is 12.1 Å². The van der Waals surface area contributed by atoms with Crippen molar-refractivity contribution >= 4 is 29.2 Å². The number of ether oxygens (including phenoxy) is 1. The number of carbonyl (C=O) groups is 2. The molecule has 0 aliphatic carbocycles. The van der Waals surface area contributed by atoms with Crippen LogP contribution < -0.4 is 10.1 Å². The highest BCUT2D eigenvalue weighted by Gasteiger charge is 2.11. The Morgan fingerprint density at radius 3 is 2.86 bits per heavy atom. The number of methoxy groups -OCH3 is 1. The van der Waals surface area contributed by atoms with E-state index in [0.29, 0.717) is 16.5 Å². The van der Waals surface area contributed by atoms with Crippen molar-refractivity contribution in [3.8, 4) is 5.75 Å². The van der Waals surface area contributed by atoms with E-state index in [9.17, 15) is 9.59 Å². The summed E-state index contributed by atoms with van der Waals surface area (Å²) in [6.45, 7) is -0.304. The molecule has 0 saturated carbocycles. The lowest BCUT2D eigenvalue weighted by Crippen LogP contribution is -2.12. The van der Waals surface area contributed by atoms with E-state index in [1.54, 1.807) is 18.2 Å². The normalized spacial score (nSPS) is 10.2. The van der Waals surface area contributed by atoms with Gasteiger partial charge in [0.15, 0.2) is 0 Å². The van der Waals surface area contributed by atoms with Gasteiger partial charge in [0.1, 0.15) is 12.3 Å². The van der Waals surface area contributed by atoms with E-state index >= 15 is 0 Å². The smallest absolute Gasteiger partial charge is 0.325 e. The number of halogens is 1. The van der Waals surface area contributed by atoms with Crippen molar-refractivity contribution in [2.75, 3.05) is 12.4 Å². The fraction of sp³-hybridized carbons (Fsp3) is 0.154. The Hall–Kier alpha value is -2.54. The molecular weight excluding hydrogens is 298 g/mol. The molecule has 0 atom stereocenters. The van der Waals surface area contributed by atoms with Crippen LogP contribution in [-0.4, -0.2) is 33.9 Å². The number of aromatic nitrogens is 2. The Morgan fingerprint density at radius 1 is 1.48 bits per heavy atom. The summed E-state index contributed by atoms with van der Waals surface area (Å²) in [5.41, 5.74) is 0.750. The number of nitrogens with zero attached hydrogens (tertiary/aromatic N) is 2. The van der Waals surface area contributed by atoms with Crippen LogP contribution in [0.25, 0.3) is 0 Å². The van der Waals surface area contributed by atoms with E-state index in [0.717, 1.165) is 4.68 Å². The van der Waals surface area contributed by atoms with Crippen molar-refractivity contribution in [3.63, 3.8) is 0 Å². The standard InChI is InChI=1S/C13H12ClN3O4/c1-21-11-3-2-9(4-10(11)14)16-13(20)8-5-15-17(6-8)7-12(18)19/h2-6H,7H2,1H3,(H,16,20)(H,18,19). The highest BCUT2D eigenvalue weighted by Crippen LogP contribution is 2.27. The maximum Gasteiger partial charge on any atom is 0.325 e. The van der Waals surface area contributed by atoms with Gasteiger partial charge in [-0.1, -0.05) is 11.6 Å². The van der Waals surface area contributed by atoms with Gasteiger partial charge in [-0.25, -0.2) is 0 Å². The summed E-state index contributed by atoms with van der Waals surface area (Å²) in [4.78, 5) is 22.5. The van der Waals surface area contributed by atoms with E-state index in [4.69, 9.17) is 21.4 Å². The topological polar surface area (TPSA) is 93.5 Å². The summed E-state index contributed by atoms with van der Waals surface area (Å²) >= 11 is 5.96. The molecule has 1 aromatic heterocycles. The van der Waals surface area contributed by atoms with Gasteiger partial charge in [0.05, 0.1) is 23.9 Å². The second kappa shape index (κ2) is 6.27. The number of benzene rings is 1. The number of aliphatic carboxylic acids is 1. The van der Waals surface area contributed by atoms with Gasteiger partial charge in [-0.3, -0.25) is 14.3 Å². The number of nitrogens with one attached hydrogen (secondary N) is 1. The Morgan fingerprint density at radius 2 is 2.24 bits per heavy atom. The summed E-state index contributed by atoms with van der Waals surface area (Å²) in [6.07, 6.45) is 2.65. The molecule has 110 valence electrons. The van der Waals surface area contributed by atoms with Crippen molar-refractivity contribution in [1.82, 2.24) is 9.78 Å².